The lowest BCUT2D eigenvalue weighted by molar-refractivity contribution is -0.122. The number of carbonyl (C=O) groups excluding carboxylic acids is 2. The summed E-state index contributed by atoms with van der Waals surface area (Å²) in [6.45, 7) is 5.27. The van der Waals surface area contributed by atoms with Crippen molar-refractivity contribution in [1.29, 1.82) is 0 Å². The largest absolute Gasteiger partial charge is 0.352 e. The lowest BCUT2D eigenvalue weighted by Gasteiger charge is -2.26. The van der Waals surface area contributed by atoms with Crippen LogP contribution in [0.3, 0.4) is 0 Å². The number of halogens is 1. The van der Waals surface area contributed by atoms with Crippen molar-refractivity contribution in [3.8, 4) is 0 Å². The fourth-order valence-corrected chi connectivity index (χ4v) is 3.92. The number of carbonyl (C=O) groups is 2. The molecule has 2 aromatic rings. The third-order valence-electron chi connectivity index (χ3n) is 5.41. The number of piperidine rings is 1. The molecular formula is C24H30ClN3O2. The maximum atomic E-state index is 12.5. The van der Waals surface area contributed by atoms with E-state index in [-0.39, 0.29) is 24.3 Å². The van der Waals surface area contributed by atoms with E-state index in [1.165, 1.54) is 44.8 Å². The topological polar surface area (TPSA) is 61.4 Å². The van der Waals surface area contributed by atoms with Crippen molar-refractivity contribution in [3.63, 3.8) is 0 Å². The van der Waals surface area contributed by atoms with Gasteiger partial charge in [0.1, 0.15) is 0 Å². The summed E-state index contributed by atoms with van der Waals surface area (Å²) < 4.78 is 0. The van der Waals surface area contributed by atoms with Gasteiger partial charge in [-0.1, -0.05) is 54.4 Å². The summed E-state index contributed by atoms with van der Waals surface area (Å²) >= 11 is 5.94. The van der Waals surface area contributed by atoms with Gasteiger partial charge in [0, 0.05) is 25.0 Å². The van der Waals surface area contributed by atoms with Crippen molar-refractivity contribution < 1.29 is 9.59 Å². The summed E-state index contributed by atoms with van der Waals surface area (Å²) in [6, 6.07) is 15.2. The number of nitrogens with zero attached hydrogens (tertiary/aromatic N) is 1. The van der Waals surface area contributed by atoms with Crippen molar-refractivity contribution >= 4 is 23.4 Å². The first-order valence-electron chi connectivity index (χ1n) is 10.6. The standard InChI is InChI=1S/C24H30ClN3O2/c1-18(29)27-23(21-9-11-22(25)12-10-21)15-24(30)26-16-19-5-7-20(8-6-19)17-28-13-3-2-4-14-28/h5-12,23H,2-4,13-17H2,1H3,(H,26,30)(H,27,29). The average Bonchev–Trinajstić information content (AvgIpc) is 2.74. The van der Waals surface area contributed by atoms with Crippen LogP contribution in [0.1, 0.15) is 55.3 Å². The monoisotopic (exact) mass is 427 g/mol. The first-order valence-corrected chi connectivity index (χ1v) is 11.0. The third kappa shape index (κ3) is 7.15. The van der Waals surface area contributed by atoms with Gasteiger partial charge in [0.15, 0.2) is 0 Å². The van der Waals surface area contributed by atoms with Crippen molar-refractivity contribution in [1.82, 2.24) is 15.5 Å². The highest BCUT2D eigenvalue weighted by molar-refractivity contribution is 6.30. The van der Waals surface area contributed by atoms with Crippen LogP contribution in [-0.4, -0.2) is 29.8 Å². The zero-order valence-corrected chi connectivity index (χ0v) is 18.3. The Labute approximate surface area is 183 Å². The van der Waals surface area contributed by atoms with Crippen LogP contribution in [0.5, 0.6) is 0 Å². The molecule has 0 aliphatic carbocycles. The second-order valence-electron chi connectivity index (χ2n) is 7.94. The predicted octanol–water partition coefficient (Wildman–Crippen LogP) is 4.21. The number of rotatable bonds is 8. The fraction of sp³-hybridized carbons (Fsp3) is 0.417. The SMILES string of the molecule is CC(=O)NC(CC(=O)NCc1ccc(CN2CCCCC2)cc1)c1ccc(Cl)cc1. The van der Waals surface area contributed by atoms with Gasteiger partial charge in [-0.15, -0.1) is 0 Å². The van der Waals surface area contributed by atoms with E-state index in [1.807, 2.05) is 12.1 Å². The van der Waals surface area contributed by atoms with E-state index in [1.54, 1.807) is 12.1 Å². The van der Waals surface area contributed by atoms with E-state index in [9.17, 15) is 9.59 Å². The number of benzene rings is 2. The van der Waals surface area contributed by atoms with Crippen LogP contribution in [0.4, 0.5) is 0 Å². The van der Waals surface area contributed by atoms with Gasteiger partial charge >= 0.3 is 0 Å². The molecule has 0 bridgehead atoms. The van der Waals surface area contributed by atoms with Crippen LogP contribution >= 0.6 is 11.6 Å². The van der Waals surface area contributed by atoms with Crippen LogP contribution in [0, 0.1) is 0 Å². The van der Waals surface area contributed by atoms with Gasteiger partial charge < -0.3 is 10.6 Å². The quantitative estimate of drug-likeness (QED) is 0.663. The minimum atomic E-state index is -0.383. The van der Waals surface area contributed by atoms with E-state index >= 15 is 0 Å². The fourth-order valence-electron chi connectivity index (χ4n) is 3.79. The average molecular weight is 428 g/mol. The van der Waals surface area contributed by atoms with Crippen molar-refractivity contribution in [2.75, 3.05) is 13.1 Å². The molecule has 1 fully saturated rings. The molecule has 0 spiro atoms. The molecule has 1 unspecified atom stereocenters. The summed E-state index contributed by atoms with van der Waals surface area (Å²) in [7, 11) is 0. The Kier molecular flexibility index (Phi) is 8.29. The smallest absolute Gasteiger partial charge is 0.222 e. The Hall–Kier alpha value is -2.37. The molecule has 3 rings (SSSR count). The van der Waals surface area contributed by atoms with Crippen LogP contribution in [0.25, 0.3) is 0 Å². The molecule has 2 N–H and O–H groups in total. The van der Waals surface area contributed by atoms with Crippen LogP contribution in [-0.2, 0) is 22.7 Å². The van der Waals surface area contributed by atoms with E-state index in [2.05, 4.69) is 39.8 Å². The second kappa shape index (κ2) is 11.1. The number of hydrogen-bond acceptors (Lipinski definition) is 3. The highest BCUT2D eigenvalue weighted by Gasteiger charge is 2.17. The molecule has 1 atom stereocenters. The van der Waals surface area contributed by atoms with E-state index < -0.39 is 0 Å². The van der Waals surface area contributed by atoms with Gasteiger partial charge in [-0.3, -0.25) is 14.5 Å². The van der Waals surface area contributed by atoms with Crippen LogP contribution in [0.2, 0.25) is 5.02 Å². The molecule has 0 saturated carbocycles. The van der Waals surface area contributed by atoms with Gasteiger partial charge in [-0.05, 0) is 54.8 Å². The van der Waals surface area contributed by atoms with E-state index in [0.29, 0.717) is 11.6 Å². The van der Waals surface area contributed by atoms with Gasteiger partial charge in [0.25, 0.3) is 0 Å². The van der Waals surface area contributed by atoms with Gasteiger partial charge in [-0.2, -0.15) is 0 Å². The van der Waals surface area contributed by atoms with Crippen LogP contribution < -0.4 is 10.6 Å². The van der Waals surface area contributed by atoms with E-state index in [4.69, 9.17) is 11.6 Å². The second-order valence-corrected chi connectivity index (χ2v) is 8.38. The number of amides is 2. The van der Waals surface area contributed by atoms with Gasteiger partial charge in [0.2, 0.25) is 11.8 Å². The Morgan fingerprint density at radius 3 is 2.23 bits per heavy atom. The predicted molar refractivity (Wildman–Crippen MR) is 120 cm³/mol. The van der Waals surface area contributed by atoms with Gasteiger partial charge in [0.05, 0.1) is 12.5 Å². The van der Waals surface area contributed by atoms with Crippen molar-refractivity contribution in [2.45, 2.75) is 51.7 Å². The minimum Gasteiger partial charge on any atom is -0.352 e. The molecular weight excluding hydrogens is 398 g/mol. The molecule has 160 valence electrons. The molecule has 1 aliphatic heterocycles. The molecule has 1 heterocycles. The lowest BCUT2D eigenvalue weighted by atomic mass is 10.0. The van der Waals surface area contributed by atoms with Crippen molar-refractivity contribution in [3.05, 3.63) is 70.2 Å². The Morgan fingerprint density at radius 1 is 0.967 bits per heavy atom. The number of likely N-dealkylation sites (tertiary alicyclic amines) is 1. The molecule has 1 saturated heterocycles. The van der Waals surface area contributed by atoms with Crippen LogP contribution in [0.15, 0.2) is 48.5 Å². The first kappa shape index (κ1) is 22.3. The first-order chi connectivity index (χ1) is 14.5. The lowest BCUT2D eigenvalue weighted by Crippen LogP contribution is -2.32. The Morgan fingerprint density at radius 2 is 1.60 bits per heavy atom. The molecule has 2 amide bonds. The zero-order chi connectivity index (χ0) is 21.3. The normalized spacial score (nSPS) is 15.4. The molecule has 0 radical (unpaired) electrons. The highest BCUT2D eigenvalue weighted by Crippen LogP contribution is 2.20. The maximum absolute atomic E-state index is 12.5. The summed E-state index contributed by atoms with van der Waals surface area (Å²) in [4.78, 5) is 26.5. The molecule has 5 nitrogen and oxygen atoms in total. The summed E-state index contributed by atoms with van der Waals surface area (Å²) in [5.41, 5.74) is 3.22. The molecule has 0 aromatic heterocycles. The van der Waals surface area contributed by atoms with E-state index in [0.717, 1.165) is 17.7 Å². The summed E-state index contributed by atoms with van der Waals surface area (Å²) in [6.07, 6.45) is 4.10. The highest BCUT2D eigenvalue weighted by atomic mass is 35.5. The Bertz CT molecular complexity index is 831. The number of nitrogens with one attached hydrogen (secondary N) is 2. The third-order valence-corrected chi connectivity index (χ3v) is 5.66. The number of hydrogen-bond donors (Lipinski definition) is 2. The molecule has 30 heavy (non-hydrogen) atoms. The van der Waals surface area contributed by atoms with Gasteiger partial charge in [-0.25, -0.2) is 0 Å². The Balaban J connectivity index is 1.50. The molecule has 1 aliphatic rings. The molecule has 6 heteroatoms. The maximum Gasteiger partial charge on any atom is 0.222 e. The zero-order valence-electron chi connectivity index (χ0n) is 17.5. The summed E-state index contributed by atoms with van der Waals surface area (Å²) in [5.74, 6) is -0.284. The molecule has 2 aromatic carbocycles. The summed E-state index contributed by atoms with van der Waals surface area (Å²) in [5, 5.41) is 6.42. The minimum absolute atomic E-state index is 0.110. The van der Waals surface area contributed by atoms with Crippen molar-refractivity contribution in [2.24, 2.45) is 0 Å².